The van der Waals surface area contributed by atoms with Crippen LogP contribution in [0.2, 0.25) is 0 Å². The molecule has 0 saturated carbocycles. The molecule has 0 radical (unpaired) electrons. The van der Waals surface area contributed by atoms with Crippen LogP contribution >= 0.6 is 0 Å². The molecule has 0 fully saturated rings. The molecule has 2 N–H and O–H groups in total. The SMILES string of the molecule is CC(=NN=C(C(=O)c1ccccc1)c1ccccc1)c1ccc(N)cc1. The molecule has 26 heavy (non-hydrogen) atoms. The number of ketones is 1. The first-order valence-corrected chi connectivity index (χ1v) is 8.28. The molecule has 3 aromatic carbocycles. The highest BCUT2D eigenvalue weighted by Crippen LogP contribution is 2.11. The summed E-state index contributed by atoms with van der Waals surface area (Å²) in [5.41, 5.74) is 9.64. The number of anilines is 1. The largest absolute Gasteiger partial charge is 0.399 e. The van der Waals surface area contributed by atoms with E-state index >= 15 is 0 Å². The van der Waals surface area contributed by atoms with E-state index in [0.29, 0.717) is 22.7 Å². The first-order valence-electron chi connectivity index (χ1n) is 8.28. The van der Waals surface area contributed by atoms with Crippen LogP contribution in [0.15, 0.2) is 95.1 Å². The van der Waals surface area contributed by atoms with Crippen LogP contribution in [0.5, 0.6) is 0 Å². The van der Waals surface area contributed by atoms with Gasteiger partial charge in [0, 0.05) is 16.8 Å². The van der Waals surface area contributed by atoms with Crippen molar-refractivity contribution in [2.45, 2.75) is 6.92 Å². The smallest absolute Gasteiger partial charge is 0.213 e. The van der Waals surface area contributed by atoms with Crippen molar-refractivity contribution in [3.63, 3.8) is 0 Å². The van der Waals surface area contributed by atoms with Gasteiger partial charge in [0.05, 0.1) is 5.71 Å². The normalized spacial score (nSPS) is 12.0. The van der Waals surface area contributed by atoms with Gasteiger partial charge < -0.3 is 5.73 Å². The van der Waals surface area contributed by atoms with Gasteiger partial charge in [-0.2, -0.15) is 5.10 Å². The number of hydrogen-bond acceptors (Lipinski definition) is 4. The Morgan fingerprint density at radius 1 is 0.692 bits per heavy atom. The maximum absolute atomic E-state index is 12.9. The Hall–Kier alpha value is -3.53. The zero-order chi connectivity index (χ0) is 18.4. The van der Waals surface area contributed by atoms with Gasteiger partial charge in [-0.05, 0) is 24.6 Å². The van der Waals surface area contributed by atoms with Gasteiger partial charge in [-0.3, -0.25) is 4.79 Å². The highest BCUT2D eigenvalue weighted by Gasteiger charge is 2.16. The zero-order valence-electron chi connectivity index (χ0n) is 14.5. The molecule has 0 aliphatic rings. The minimum atomic E-state index is -0.161. The molecular weight excluding hydrogens is 322 g/mol. The Bertz CT molecular complexity index is 944. The number of nitrogen functional groups attached to an aromatic ring is 1. The minimum Gasteiger partial charge on any atom is -0.399 e. The third-order valence-electron chi connectivity index (χ3n) is 3.93. The van der Waals surface area contributed by atoms with Crippen molar-refractivity contribution in [2.24, 2.45) is 10.2 Å². The number of hydrogen-bond donors (Lipinski definition) is 1. The fourth-order valence-electron chi connectivity index (χ4n) is 2.46. The van der Waals surface area contributed by atoms with Gasteiger partial charge in [-0.1, -0.05) is 72.8 Å². The van der Waals surface area contributed by atoms with E-state index in [0.717, 1.165) is 11.1 Å². The predicted octanol–water partition coefficient (Wildman–Crippen LogP) is 4.37. The number of Topliss-reactive ketones (excluding diaryl/α,β-unsaturated/α-hetero) is 1. The van der Waals surface area contributed by atoms with Gasteiger partial charge in [0.1, 0.15) is 5.71 Å². The molecule has 0 atom stereocenters. The summed E-state index contributed by atoms with van der Waals surface area (Å²) in [6.07, 6.45) is 0. The Balaban J connectivity index is 2.00. The van der Waals surface area contributed by atoms with Gasteiger partial charge in [0.2, 0.25) is 5.78 Å². The predicted molar refractivity (Wildman–Crippen MR) is 107 cm³/mol. The molecule has 3 aromatic rings. The molecule has 3 rings (SSSR count). The van der Waals surface area contributed by atoms with Gasteiger partial charge in [0.25, 0.3) is 0 Å². The number of nitrogens with two attached hydrogens (primary N) is 1. The van der Waals surface area contributed by atoms with E-state index in [-0.39, 0.29) is 5.78 Å². The molecule has 0 aromatic heterocycles. The number of carbonyl (C=O) groups excluding carboxylic acids is 1. The molecule has 0 spiro atoms. The lowest BCUT2D eigenvalue weighted by atomic mass is 10.0. The van der Waals surface area contributed by atoms with Gasteiger partial charge >= 0.3 is 0 Å². The van der Waals surface area contributed by atoms with Gasteiger partial charge in [-0.25, -0.2) is 0 Å². The second-order valence-corrected chi connectivity index (χ2v) is 5.82. The van der Waals surface area contributed by atoms with Crippen molar-refractivity contribution < 1.29 is 4.79 Å². The fraction of sp³-hybridized carbons (Fsp3) is 0.0455. The van der Waals surface area contributed by atoms with Crippen LogP contribution in [0, 0.1) is 0 Å². The second kappa shape index (κ2) is 8.03. The van der Waals surface area contributed by atoms with Crippen molar-refractivity contribution in [3.05, 3.63) is 102 Å². The third-order valence-corrected chi connectivity index (χ3v) is 3.93. The van der Waals surface area contributed by atoms with Crippen molar-refractivity contribution >= 4 is 22.9 Å². The minimum absolute atomic E-state index is 0.161. The van der Waals surface area contributed by atoms with E-state index in [9.17, 15) is 4.79 Å². The number of carbonyl (C=O) groups is 1. The van der Waals surface area contributed by atoms with E-state index in [1.165, 1.54) is 0 Å². The standard InChI is InChI=1S/C22H19N3O/c1-16(17-12-14-20(23)15-13-17)24-25-21(18-8-4-2-5-9-18)22(26)19-10-6-3-7-11-19/h2-15H,23H2,1H3. The second-order valence-electron chi connectivity index (χ2n) is 5.82. The first-order chi connectivity index (χ1) is 12.6. The van der Waals surface area contributed by atoms with Crippen LogP contribution in [0.25, 0.3) is 0 Å². The molecule has 0 saturated heterocycles. The Labute approximate surface area is 152 Å². The molecule has 0 heterocycles. The fourth-order valence-corrected chi connectivity index (χ4v) is 2.46. The quantitative estimate of drug-likeness (QED) is 0.324. The average Bonchev–Trinajstić information content (AvgIpc) is 2.70. The van der Waals surface area contributed by atoms with E-state index in [2.05, 4.69) is 10.2 Å². The van der Waals surface area contributed by atoms with Crippen LogP contribution in [0.4, 0.5) is 5.69 Å². The molecule has 0 unspecified atom stereocenters. The Morgan fingerprint density at radius 3 is 1.81 bits per heavy atom. The highest BCUT2D eigenvalue weighted by molar-refractivity contribution is 6.51. The maximum Gasteiger partial charge on any atom is 0.213 e. The lowest BCUT2D eigenvalue weighted by Crippen LogP contribution is -2.15. The molecule has 128 valence electrons. The highest BCUT2D eigenvalue weighted by atomic mass is 16.1. The Morgan fingerprint density at radius 2 is 1.23 bits per heavy atom. The first kappa shape index (κ1) is 17.3. The van der Waals surface area contributed by atoms with Crippen molar-refractivity contribution in [2.75, 3.05) is 5.73 Å². The summed E-state index contributed by atoms with van der Waals surface area (Å²) in [6, 6.07) is 25.8. The van der Waals surface area contributed by atoms with E-state index in [4.69, 9.17) is 5.73 Å². The van der Waals surface area contributed by atoms with E-state index in [1.807, 2.05) is 79.7 Å². The summed E-state index contributed by atoms with van der Waals surface area (Å²) in [6.45, 7) is 1.85. The molecular formula is C22H19N3O. The average molecular weight is 341 g/mol. The van der Waals surface area contributed by atoms with Gasteiger partial charge in [0.15, 0.2) is 0 Å². The third kappa shape index (κ3) is 4.11. The number of benzene rings is 3. The summed E-state index contributed by atoms with van der Waals surface area (Å²) >= 11 is 0. The summed E-state index contributed by atoms with van der Waals surface area (Å²) < 4.78 is 0. The summed E-state index contributed by atoms with van der Waals surface area (Å²) in [7, 11) is 0. The lowest BCUT2D eigenvalue weighted by Gasteiger charge is -2.05. The number of rotatable bonds is 5. The molecule has 0 aliphatic carbocycles. The van der Waals surface area contributed by atoms with Crippen molar-refractivity contribution in [1.29, 1.82) is 0 Å². The molecule has 0 aliphatic heterocycles. The molecule has 0 bridgehead atoms. The summed E-state index contributed by atoms with van der Waals surface area (Å²) in [4.78, 5) is 12.9. The van der Waals surface area contributed by atoms with Crippen LogP contribution in [-0.2, 0) is 0 Å². The van der Waals surface area contributed by atoms with Crippen molar-refractivity contribution in [3.8, 4) is 0 Å². The van der Waals surface area contributed by atoms with Crippen LogP contribution in [0.3, 0.4) is 0 Å². The van der Waals surface area contributed by atoms with Crippen LogP contribution in [-0.4, -0.2) is 17.2 Å². The molecule has 4 heteroatoms. The lowest BCUT2D eigenvalue weighted by molar-refractivity contribution is 0.106. The molecule has 0 amide bonds. The van der Waals surface area contributed by atoms with Crippen molar-refractivity contribution in [1.82, 2.24) is 0 Å². The monoisotopic (exact) mass is 341 g/mol. The summed E-state index contributed by atoms with van der Waals surface area (Å²) in [5.74, 6) is -0.161. The van der Waals surface area contributed by atoms with E-state index in [1.54, 1.807) is 12.1 Å². The molecule has 4 nitrogen and oxygen atoms in total. The van der Waals surface area contributed by atoms with Crippen LogP contribution < -0.4 is 5.73 Å². The van der Waals surface area contributed by atoms with Gasteiger partial charge in [-0.15, -0.1) is 5.10 Å². The topological polar surface area (TPSA) is 67.8 Å². The van der Waals surface area contributed by atoms with Crippen LogP contribution in [0.1, 0.15) is 28.4 Å². The number of nitrogens with zero attached hydrogens (tertiary/aromatic N) is 2. The zero-order valence-corrected chi connectivity index (χ0v) is 14.5. The maximum atomic E-state index is 12.9. The Kier molecular flexibility index (Phi) is 5.34. The summed E-state index contributed by atoms with van der Waals surface area (Å²) in [5, 5.41) is 8.58. The van der Waals surface area contributed by atoms with E-state index < -0.39 is 0 Å².